The molecule has 0 spiro atoms. The molecule has 0 heterocycles. The van der Waals surface area contributed by atoms with Gasteiger partial charge in [0.1, 0.15) is 13.2 Å². The van der Waals surface area contributed by atoms with Gasteiger partial charge in [-0.2, -0.15) is 0 Å². The topological polar surface area (TPSA) is 105 Å². The van der Waals surface area contributed by atoms with Gasteiger partial charge in [-0.3, -0.25) is 13.8 Å². The van der Waals surface area contributed by atoms with Gasteiger partial charge in [-0.15, -0.1) is 0 Å². The Bertz CT molecular complexity index is 1780. The zero-order valence-electron chi connectivity index (χ0n) is 50.6. The lowest BCUT2D eigenvalue weighted by Crippen LogP contribution is -2.45. The zero-order chi connectivity index (χ0) is 57.0. The summed E-state index contributed by atoms with van der Waals surface area (Å²) in [6.45, 7) is 4.65. The lowest BCUT2D eigenvalue weighted by Gasteiger charge is -2.25. The van der Waals surface area contributed by atoms with Crippen LogP contribution in [0.4, 0.5) is 0 Å². The van der Waals surface area contributed by atoms with Crippen LogP contribution in [0.1, 0.15) is 232 Å². The number of aliphatic hydroxyl groups excluding tert-OH is 1. The third kappa shape index (κ3) is 60.0. The number of hydrogen-bond donors (Lipinski definition) is 3. The van der Waals surface area contributed by atoms with E-state index in [0.717, 1.165) is 122 Å². The Morgan fingerprint density at radius 2 is 0.782 bits per heavy atom. The maximum absolute atomic E-state index is 13.0. The molecule has 0 aromatic carbocycles. The molecule has 0 rings (SSSR count). The number of aliphatic hydroxyl groups is 1. The van der Waals surface area contributed by atoms with E-state index in [4.69, 9.17) is 9.05 Å². The van der Waals surface area contributed by atoms with Crippen molar-refractivity contribution in [2.75, 3.05) is 40.9 Å². The van der Waals surface area contributed by atoms with Gasteiger partial charge in [-0.05, 0) is 116 Å². The number of likely N-dealkylation sites (N-methyl/N-ethyl adjacent to an activating group) is 1. The fourth-order valence-electron chi connectivity index (χ4n) is 8.18. The van der Waals surface area contributed by atoms with Crippen molar-refractivity contribution in [3.8, 4) is 0 Å². The van der Waals surface area contributed by atoms with E-state index in [1.807, 2.05) is 27.2 Å². The molecule has 0 saturated heterocycles. The normalized spacial score (nSPS) is 14.8. The predicted octanol–water partition coefficient (Wildman–Crippen LogP) is 19.6. The van der Waals surface area contributed by atoms with E-state index in [1.165, 1.54) is 89.9 Å². The minimum atomic E-state index is -4.38. The molecule has 3 N–H and O–H groups in total. The van der Waals surface area contributed by atoms with Crippen LogP contribution in [0.3, 0.4) is 0 Å². The summed E-state index contributed by atoms with van der Waals surface area (Å²) in [6, 6.07) is -0.893. The summed E-state index contributed by atoms with van der Waals surface area (Å²) in [5.74, 6) is -0.215. The molecule has 0 bridgehead atoms. The van der Waals surface area contributed by atoms with E-state index in [0.29, 0.717) is 17.4 Å². The predicted molar refractivity (Wildman–Crippen MR) is 341 cm³/mol. The number of quaternary nitrogens is 1. The quantitative estimate of drug-likeness (QED) is 0.0243. The SMILES string of the molecule is CC/C=C\C/C=C\C/C=C\C/C=C\C/C=C\C/C=C\C/C=C\C/C=C\C/C=C\CCCCCCCC(=O)NC(COP(=O)(O)OCC[N+](C)(C)C)C(O)/C=C/CC/C=C/CC/C=C/CCCCCCCCCCCCCCC. The first-order chi connectivity index (χ1) is 38.0. The first-order valence-corrected chi connectivity index (χ1v) is 32.7. The van der Waals surface area contributed by atoms with Crippen LogP contribution in [0, 0.1) is 0 Å². The van der Waals surface area contributed by atoms with Crippen LogP contribution in [-0.4, -0.2) is 73.4 Å². The van der Waals surface area contributed by atoms with Crippen molar-refractivity contribution in [3.05, 3.63) is 146 Å². The fourth-order valence-corrected chi connectivity index (χ4v) is 8.92. The molecule has 0 aromatic heterocycles. The Morgan fingerprint density at radius 3 is 1.18 bits per heavy atom. The number of carbonyl (C=O) groups is 1. The van der Waals surface area contributed by atoms with Gasteiger partial charge in [-0.1, -0.05) is 256 Å². The van der Waals surface area contributed by atoms with Crippen LogP contribution in [0.25, 0.3) is 0 Å². The molecule has 0 aliphatic rings. The molecule has 0 radical (unpaired) electrons. The van der Waals surface area contributed by atoms with Crippen molar-refractivity contribution in [2.24, 2.45) is 0 Å². The fraction of sp³-hybridized carbons (Fsp3) is 0.638. The second kappa shape index (κ2) is 58.0. The summed E-state index contributed by atoms with van der Waals surface area (Å²) >= 11 is 0. The molecule has 8 nitrogen and oxygen atoms in total. The van der Waals surface area contributed by atoms with Gasteiger partial charge in [0, 0.05) is 6.42 Å². The molecule has 0 aliphatic carbocycles. The highest BCUT2D eigenvalue weighted by Gasteiger charge is 2.27. The molecule has 0 fully saturated rings. The number of nitrogens with zero attached hydrogens (tertiary/aromatic N) is 1. The van der Waals surface area contributed by atoms with Gasteiger partial charge < -0.3 is 19.8 Å². The molecule has 3 unspecified atom stereocenters. The van der Waals surface area contributed by atoms with E-state index >= 15 is 0 Å². The smallest absolute Gasteiger partial charge is 0.387 e. The monoisotopic (exact) mass is 1100 g/mol. The van der Waals surface area contributed by atoms with Gasteiger partial charge in [0.25, 0.3) is 0 Å². The Morgan fingerprint density at radius 1 is 0.449 bits per heavy atom. The highest BCUT2D eigenvalue weighted by Crippen LogP contribution is 2.43. The minimum Gasteiger partial charge on any atom is -0.387 e. The Labute approximate surface area is 480 Å². The summed E-state index contributed by atoms with van der Waals surface area (Å²) in [5, 5.41) is 13.9. The van der Waals surface area contributed by atoms with Crippen LogP contribution < -0.4 is 5.32 Å². The average molecular weight is 1100 g/mol. The number of amides is 1. The van der Waals surface area contributed by atoms with Gasteiger partial charge >= 0.3 is 7.82 Å². The maximum Gasteiger partial charge on any atom is 0.472 e. The van der Waals surface area contributed by atoms with E-state index in [2.05, 4.69) is 153 Å². The van der Waals surface area contributed by atoms with Crippen LogP contribution in [0.2, 0.25) is 0 Å². The lowest BCUT2D eigenvalue weighted by atomic mass is 10.0. The van der Waals surface area contributed by atoms with Crippen molar-refractivity contribution >= 4 is 13.7 Å². The molecule has 1 amide bonds. The minimum absolute atomic E-state index is 0.0411. The summed E-state index contributed by atoms with van der Waals surface area (Å²) in [5.41, 5.74) is 0. The van der Waals surface area contributed by atoms with Crippen LogP contribution in [0.5, 0.6) is 0 Å². The largest absolute Gasteiger partial charge is 0.472 e. The average Bonchev–Trinajstić information content (AvgIpc) is 3.41. The van der Waals surface area contributed by atoms with Gasteiger partial charge in [0.2, 0.25) is 5.91 Å². The van der Waals surface area contributed by atoms with Gasteiger partial charge in [-0.25, -0.2) is 4.57 Å². The molecule has 0 aliphatic heterocycles. The Hall–Kier alpha value is -3.62. The number of unbranched alkanes of at least 4 members (excludes halogenated alkanes) is 20. The number of hydrogen-bond acceptors (Lipinski definition) is 5. The van der Waals surface area contributed by atoms with Crippen molar-refractivity contribution in [1.82, 2.24) is 5.32 Å². The lowest BCUT2D eigenvalue weighted by molar-refractivity contribution is -0.870. The van der Waals surface area contributed by atoms with E-state index < -0.39 is 20.0 Å². The summed E-state index contributed by atoms with van der Waals surface area (Å²) in [4.78, 5) is 23.3. The number of phosphoric acid groups is 1. The number of rotatable bonds is 55. The Kier molecular flexibility index (Phi) is 55.4. The molecule has 3 atom stereocenters. The van der Waals surface area contributed by atoms with E-state index in [1.54, 1.807) is 6.08 Å². The molecule has 0 saturated carbocycles. The number of carbonyl (C=O) groups excluding carboxylic acids is 1. The first kappa shape index (κ1) is 74.4. The third-order valence-corrected chi connectivity index (χ3v) is 14.0. The number of allylic oxidation sites excluding steroid dienone is 23. The van der Waals surface area contributed by atoms with Crippen molar-refractivity contribution in [2.45, 2.75) is 244 Å². The van der Waals surface area contributed by atoms with E-state index in [9.17, 15) is 19.4 Å². The van der Waals surface area contributed by atoms with Crippen molar-refractivity contribution in [3.63, 3.8) is 0 Å². The van der Waals surface area contributed by atoms with Crippen LogP contribution >= 0.6 is 7.82 Å². The highest BCUT2D eigenvalue weighted by atomic mass is 31.2. The molecule has 0 aromatic rings. The third-order valence-electron chi connectivity index (χ3n) is 13.0. The molecular formula is C69H118N2O6P+. The molecule has 9 heteroatoms. The maximum atomic E-state index is 13.0. The second-order valence-electron chi connectivity index (χ2n) is 21.7. The number of nitrogens with one attached hydrogen (secondary N) is 1. The Balaban J connectivity index is 4.33. The van der Waals surface area contributed by atoms with Gasteiger partial charge in [0.05, 0.1) is 39.9 Å². The summed E-state index contributed by atoms with van der Waals surface area (Å²) in [7, 11) is 1.51. The second-order valence-corrected chi connectivity index (χ2v) is 23.1. The molecule has 444 valence electrons. The van der Waals surface area contributed by atoms with Crippen molar-refractivity contribution in [1.29, 1.82) is 0 Å². The van der Waals surface area contributed by atoms with Gasteiger partial charge in [0.15, 0.2) is 0 Å². The van der Waals surface area contributed by atoms with Crippen LogP contribution in [-0.2, 0) is 18.4 Å². The van der Waals surface area contributed by atoms with Crippen LogP contribution in [0.15, 0.2) is 146 Å². The first-order valence-electron chi connectivity index (χ1n) is 31.2. The van der Waals surface area contributed by atoms with Crippen molar-refractivity contribution < 1.29 is 32.9 Å². The summed E-state index contributed by atoms with van der Waals surface area (Å²) in [6.07, 6.45) is 89.6. The zero-order valence-corrected chi connectivity index (χ0v) is 51.5. The summed E-state index contributed by atoms with van der Waals surface area (Å²) < 4.78 is 23.7. The highest BCUT2D eigenvalue weighted by molar-refractivity contribution is 7.47. The van der Waals surface area contributed by atoms with E-state index in [-0.39, 0.29) is 19.1 Å². The number of phosphoric ester groups is 1. The molecule has 78 heavy (non-hydrogen) atoms. The standard InChI is InChI=1S/C69H117N2O6P/c1-6-8-10-12-14-16-18-20-22-24-26-28-30-31-32-33-34-35-36-37-38-39-41-43-45-47-49-51-53-55-57-59-61-63-69(73)70-67(66-77-78(74,75)76-65-64-71(3,4)5)68(72)62-60-58-56-54-52-50-48-46-44-42-40-29-27-25-23-21-19-17-15-13-11-9-7-2/h8,10,14,16,20,22,26,28,31-32,34-35,37-38,41,43-44,46-47,49,52,54,60,62,67-68,72H,6-7,9,11-13,15,17-19,21,23-25,27,29-30,33,36,39-40,42,45,48,50-51,53,55-59,61,63-66H2,1-5H3,(H-,70,73,74,75)/p+1/b10-8-,16-14-,22-20-,28-26-,32-31-,35-34-,38-37-,43-41-,46-44+,49-47-,54-52+,62-60+. The molecular weight excluding hydrogens is 984 g/mol.